The smallest absolute Gasteiger partial charge is 0.248 e. The van der Waals surface area contributed by atoms with Gasteiger partial charge in [-0.25, -0.2) is 17.2 Å². The molecule has 1 unspecified atom stereocenters. The van der Waals surface area contributed by atoms with Crippen LogP contribution in [0.1, 0.15) is 44.9 Å². The number of benzene rings is 1. The molecule has 144 valence electrons. The molecule has 0 radical (unpaired) electrons. The number of sulfonamides is 1. The van der Waals surface area contributed by atoms with Crippen molar-refractivity contribution in [2.24, 2.45) is 5.92 Å². The minimum Gasteiger partial charge on any atom is -0.352 e. The van der Waals surface area contributed by atoms with Crippen molar-refractivity contribution in [3.05, 3.63) is 29.8 Å². The summed E-state index contributed by atoms with van der Waals surface area (Å²) in [6, 6.07) is 2.67. The summed E-state index contributed by atoms with van der Waals surface area (Å²) in [6.07, 6.45) is 6.14. The minimum atomic E-state index is -4.28. The normalized spacial score (nSPS) is 22.9. The molecule has 1 saturated carbocycles. The van der Waals surface area contributed by atoms with Crippen molar-refractivity contribution >= 4 is 15.9 Å². The highest BCUT2D eigenvalue weighted by molar-refractivity contribution is 7.89. The molecule has 2 aliphatic rings. The molecule has 1 aliphatic heterocycles. The molecule has 5 nitrogen and oxygen atoms in total. The van der Waals surface area contributed by atoms with E-state index in [0.717, 1.165) is 54.6 Å². The Labute approximate surface area is 152 Å². The molecule has 1 saturated heterocycles. The highest BCUT2D eigenvalue weighted by atomic mass is 32.2. The molecule has 1 atom stereocenters. The van der Waals surface area contributed by atoms with Gasteiger partial charge in [0.05, 0.1) is 0 Å². The summed E-state index contributed by atoms with van der Waals surface area (Å²) >= 11 is 0. The molecule has 1 aliphatic carbocycles. The van der Waals surface area contributed by atoms with Gasteiger partial charge in [-0.1, -0.05) is 25.3 Å². The second-order valence-corrected chi connectivity index (χ2v) is 8.97. The van der Waals surface area contributed by atoms with Gasteiger partial charge in [0.15, 0.2) is 4.90 Å². The zero-order valence-electron chi connectivity index (χ0n) is 14.6. The van der Waals surface area contributed by atoms with Crippen LogP contribution in [0.2, 0.25) is 0 Å². The quantitative estimate of drug-likeness (QED) is 0.865. The third-order valence-corrected chi connectivity index (χ3v) is 7.14. The number of carbonyl (C=O) groups excluding carboxylic acids is 1. The Balaban J connectivity index is 1.70. The van der Waals surface area contributed by atoms with E-state index in [1.54, 1.807) is 0 Å². The Morgan fingerprint density at radius 1 is 1.04 bits per heavy atom. The maximum atomic E-state index is 13.9. The predicted octanol–water partition coefficient (Wildman–Crippen LogP) is 2.81. The van der Waals surface area contributed by atoms with Crippen LogP contribution < -0.4 is 5.32 Å². The minimum absolute atomic E-state index is 0.0141. The Hall–Kier alpha value is -1.54. The van der Waals surface area contributed by atoms with Crippen LogP contribution in [0.3, 0.4) is 0 Å². The van der Waals surface area contributed by atoms with Crippen LogP contribution >= 0.6 is 0 Å². The SMILES string of the molecule is O=C(NC1CCCN(S(=O)(=O)c2c(F)cccc2F)C1)C1CCCCC1. The molecule has 0 aromatic heterocycles. The van der Waals surface area contributed by atoms with Gasteiger partial charge in [0.1, 0.15) is 11.6 Å². The summed E-state index contributed by atoms with van der Waals surface area (Å²) in [5.74, 6) is -2.25. The van der Waals surface area contributed by atoms with Gasteiger partial charge in [0.2, 0.25) is 15.9 Å². The molecule has 3 rings (SSSR count). The van der Waals surface area contributed by atoms with Gasteiger partial charge in [0.25, 0.3) is 0 Å². The largest absolute Gasteiger partial charge is 0.352 e. The highest BCUT2D eigenvalue weighted by Crippen LogP contribution is 2.27. The Morgan fingerprint density at radius 2 is 1.69 bits per heavy atom. The van der Waals surface area contributed by atoms with Crippen molar-refractivity contribution in [1.82, 2.24) is 9.62 Å². The summed E-state index contributed by atoms with van der Waals surface area (Å²) in [5.41, 5.74) is 0. The van der Waals surface area contributed by atoms with Gasteiger partial charge in [-0.3, -0.25) is 4.79 Å². The van der Waals surface area contributed by atoms with Crippen LogP contribution in [-0.2, 0) is 14.8 Å². The Morgan fingerprint density at radius 3 is 2.35 bits per heavy atom. The number of nitrogens with zero attached hydrogens (tertiary/aromatic N) is 1. The van der Waals surface area contributed by atoms with Crippen molar-refractivity contribution in [2.45, 2.75) is 55.9 Å². The monoisotopic (exact) mass is 386 g/mol. The molecule has 1 amide bonds. The third-order valence-electron chi connectivity index (χ3n) is 5.22. The number of hydrogen-bond acceptors (Lipinski definition) is 3. The van der Waals surface area contributed by atoms with E-state index in [9.17, 15) is 22.0 Å². The lowest BCUT2D eigenvalue weighted by atomic mass is 9.88. The zero-order valence-corrected chi connectivity index (χ0v) is 15.4. The average molecular weight is 386 g/mol. The van der Waals surface area contributed by atoms with E-state index in [1.165, 1.54) is 0 Å². The first kappa shape index (κ1) is 19.2. The van der Waals surface area contributed by atoms with E-state index in [-0.39, 0.29) is 31.0 Å². The van der Waals surface area contributed by atoms with Crippen molar-refractivity contribution in [1.29, 1.82) is 0 Å². The van der Waals surface area contributed by atoms with Gasteiger partial charge < -0.3 is 5.32 Å². The van der Waals surface area contributed by atoms with E-state index in [4.69, 9.17) is 0 Å². The third kappa shape index (κ3) is 4.06. The van der Waals surface area contributed by atoms with Crippen molar-refractivity contribution in [2.75, 3.05) is 13.1 Å². The van der Waals surface area contributed by atoms with Gasteiger partial charge in [-0.2, -0.15) is 4.31 Å². The molecular weight excluding hydrogens is 362 g/mol. The van der Waals surface area contributed by atoms with Crippen molar-refractivity contribution in [3.63, 3.8) is 0 Å². The van der Waals surface area contributed by atoms with Gasteiger partial charge >= 0.3 is 0 Å². The van der Waals surface area contributed by atoms with Crippen LogP contribution in [0.15, 0.2) is 23.1 Å². The van der Waals surface area contributed by atoms with Crippen molar-refractivity contribution in [3.8, 4) is 0 Å². The highest BCUT2D eigenvalue weighted by Gasteiger charge is 2.35. The fraction of sp³-hybridized carbons (Fsp3) is 0.611. The number of piperidine rings is 1. The standard InChI is InChI=1S/C18H24F2N2O3S/c19-15-9-4-10-16(20)17(15)26(24,25)22-11-5-8-14(12-22)21-18(23)13-6-2-1-3-7-13/h4,9-10,13-14H,1-3,5-8,11-12H2,(H,21,23). The van der Waals surface area contributed by atoms with E-state index >= 15 is 0 Å². The number of halogens is 2. The van der Waals surface area contributed by atoms with Crippen LogP contribution in [-0.4, -0.2) is 37.8 Å². The first-order valence-electron chi connectivity index (χ1n) is 9.14. The molecule has 1 aromatic carbocycles. The molecule has 1 heterocycles. The lowest BCUT2D eigenvalue weighted by Gasteiger charge is -2.33. The number of hydrogen-bond donors (Lipinski definition) is 1. The van der Waals surface area contributed by atoms with E-state index < -0.39 is 26.6 Å². The van der Waals surface area contributed by atoms with Crippen LogP contribution in [0.25, 0.3) is 0 Å². The summed E-state index contributed by atoms with van der Waals surface area (Å²) < 4.78 is 54.3. The van der Waals surface area contributed by atoms with Crippen LogP contribution in [0.5, 0.6) is 0 Å². The maximum absolute atomic E-state index is 13.9. The molecule has 2 fully saturated rings. The van der Waals surface area contributed by atoms with E-state index in [1.807, 2.05) is 0 Å². The molecule has 1 aromatic rings. The molecule has 26 heavy (non-hydrogen) atoms. The van der Waals surface area contributed by atoms with Gasteiger partial charge in [-0.15, -0.1) is 0 Å². The lowest BCUT2D eigenvalue weighted by Crippen LogP contribution is -2.51. The average Bonchev–Trinajstić information content (AvgIpc) is 2.62. The topological polar surface area (TPSA) is 66.5 Å². The summed E-state index contributed by atoms with van der Waals surface area (Å²) in [6.45, 7) is 0.223. The second kappa shape index (κ2) is 8.00. The van der Waals surface area contributed by atoms with E-state index in [2.05, 4.69) is 5.32 Å². The summed E-state index contributed by atoms with van der Waals surface area (Å²) in [7, 11) is -4.28. The molecule has 1 N–H and O–H groups in total. The number of amides is 1. The summed E-state index contributed by atoms with van der Waals surface area (Å²) in [4.78, 5) is 11.5. The second-order valence-electron chi connectivity index (χ2n) is 7.10. The molecule has 8 heteroatoms. The molecular formula is C18H24F2N2O3S. The van der Waals surface area contributed by atoms with Crippen LogP contribution in [0, 0.1) is 17.6 Å². The number of nitrogens with one attached hydrogen (secondary N) is 1. The Bertz CT molecular complexity index is 743. The van der Waals surface area contributed by atoms with Gasteiger partial charge in [0, 0.05) is 25.0 Å². The maximum Gasteiger partial charge on any atom is 0.248 e. The first-order chi connectivity index (χ1) is 12.4. The molecule has 0 spiro atoms. The number of rotatable bonds is 4. The predicted molar refractivity (Wildman–Crippen MR) is 92.9 cm³/mol. The zero-order chi connectivity index (χ0) is 18.7. The number of carbonyl (C=O) groups is 1. The van der Waals surface area contributed by atoms with E-state index in [0.29, 0.717) is 12.8 Å². The fourth-order valence-corrected chi connectivity index (χ4v) is 5.45. The van der Waals surface area contributed by atoms with Crippen LogP contribution in [0.4, 0.5) is 8.78 Å². The first-order valence-corrected chi connectivity index (χ1v) is 10.6. The van der Waals surface area contributed by atoms with Gasteiger partial charge in [-0.05, 0) is 37.8 Å². The van der Waals surface area contributed by atoms with Crippen molar-refractivity contribution < 1.29 is 22.0 Å². The summed E-state index contributed by atoms with van der Waals surface area (Å²) in [5, 5.41) is 2.94. The molecule has 0 bridgehead atoms. The Kier molecular flexibility index (Phi) is 5.92. The lowest BCUT2D eigenvalue weighted by molar-refractivity contribution is -0.126. The fourth-order valence-electron chi connectivity index (χ4n) is 3.82.